The van der Waals surface area contributed by atoms with E-state index in [4.69, 9.17) is 9.47 Å². The molecule has 0 aromatic heterocycles. The molecule has 0 radical (unpaired) electrons. The molecule has 0 amide bonds. The Kier molecular flexibility index (Phi) is 7.90. The van der Waals surface area contributed by atoms with E-state index in [1.807, 2.05) is 12.1 Å². The van der Waals surface area contributed by atoms with Gasteiger partial charge in [0.1, 0.15) is 11.5 Å². The van der Waals surface area contributed by atoms with Crippen molar-refractivity contribution >= 4 is 15.9 Å². The van der Waals surface area contributed by atoms with Gasteiger partial charge in [-0.05, 0) is 18.9 Å². The van der Waals surface area contributed by atoms with Crippen LogP contribution in [0.15, 0.2) is 18.2 Å². The molecule has 0 saturated carbocycles. The van der Waals surface area contributed by atoms with Crippen molar-refractivity contribution in [3.8, 4) is 11.5 Å². The summed E-state index contributed by atoms with van der Waals surface area (Å²) in [4.78, 5) is 0. The van der Waals surface area contributed by atoms with Gasteiger partial charge in [0, 0.05) is 17.0 Å². The molecule has 0 bridgehead atoms. The molecule has 0 saturated heterocycles. The summed E-state index contributed by atoms with van der Waals surface area (Å²) in [7, 11) is 0. The number of hydrogen-bond donors (Lipinski definition) is 0. The van der Waals surface area contributed by atoms with Gasteiger partial charge in [0.2, 0.25) is 0 Å². The summed E-state index contributed by atoms with van der Waals surface area (Å²) in [6, 6.07) is 6.07. The average molecular weight is 315 g/mol. The van der Waals surface area contributed by atoms with Crippen molar-refractivity contribution in [2.45, 2.75) is 44.9 Å². The molecule has 0 heterocycles. The smallest absolute Gasteiger partial charge is 0.127 e. The van der Waals surface area contributed by atoms with Gasteiger partial charge in [-0.1, -0.05) is 48.7 Å². The zero-order chi connectivity index (χ0) is 13.2. The predicted octanol–water partition coefficient (Wildman–Crippen LogP) is 4.94. The monoisotopic (exact) mass is 314 g/mol. The molecule has 0 fully saturated rings. The van der Waals surface area contributed by atoms with Crippen LogP contribution in [-0.2, 0) is 5.33 Å². The van der Waals surface area contributed by atoms with Gasteiger partial charge in [-0.2, -0.15) is 0 Å². The number of alkyl halides is 1. The molecule has 0 spiro atoms. The second-order valence-corrected chi connectivity index (χ2v) is 4.87. The Balaban J connectivity index is 2.60. The Hall–Kier alpha value is -0.700. The quantitative estimate of drug-likeness (QED) is 0.475. The molecule has 18 heavy (non-hydrogen) atoms. The summed E-state index contributed by atoms with van der Waals surface area (Å²) in [5, 5.41) is 0.810. The summed E-state index contributed by atoms with van der Waals surface area (Å²) in [6.45, 7) is 5.84. The maximum Gasteiger partial charge on any atom is 0.127 e. The second kappa shape index (κ2) is 9.26. The standard InChI is InChI=1S/C15H23BrO2/c1-3-5-6-10-18-15-11-14(17-9-4-2)8-7-13(15)12-16/h7-8,11H,3-6,9-10,12H2,1-2H3. The summed E-state index contributed by atoms with van der Waals surface area (Å²) in [5.41, 5.74) is 1.18. The normalized spacial score (nSPS) is 10.4. The maximum atomic E-state index is 5.84. The lowest BCUT2D eigenvalue weighted by Gasteiger charge is -2.12. The lowest BCUT2D eigenvalue weighted by atomic mass is 10.2. The SMILES string of the molecule is CCCCCOc1cc(OCCC)ccc1CBr. The Morgan fingerprint density at radius 2 is 1.83 bits per heavy atom. The number of benzene rings is 1. The van der Waals surface area contributed by atoms with Crippen molar-refractivity contribution < 1.29 is 9.47 Å². The second-order valence-electron chi connectivity index (χ2n) is 4.31. The van der Waals surface area contributed by atoms with Gasteiger partial charge < -0.3 is 9.47 Å². The van der Waals surface area contributed by atoms with Crippen LogP contribution in [0.5, 0.6) is 11.5 Å². The predicted molar refractivity (Wildman–Crippen MR) is 79.9 cm³/mol. The van der Waals surface area contributed by atoms with Crippen LogP contribution in [0.3, 0.4) is 0 Å². The van der Waals surface area contributed by atoms with Crippen molar-refractivity contribution in [1.29, 1.82) is 0 Å². The van der Waals surface area contributed by atoms with Gasteiger partial charge in [0.15, 0.2) is 0 Å². The molecule has 1 aromatic carbocycles. The molecule has 0 unspecified atom stereocenters. The van der Waals surface area contributed by atoms with Gasteiger partial charge in [-0.3, -0.25) is 0 Å². The van der Waals surface area contributed by atoms with Gasteiger partial charge in [-0.25, -0.2) is 0 Å². The Bertz CT molecular complexity index is 339. The summed E-state index contributed by atoms with van der Waals surface area (Å²) < 4.78 is 11.5. The van der Waals surface area contributed by atoms with Crippen LogP contribution in [0.2, 0.25) is 0 Å². The van der Waals surface area contributed by atoms with E-state index in [0.717, 1.165) is 42.9 Å². The van der Waals surface area contributed by atoms with Crippen molar-refractivity contribution in [3.05, 3.63) is 23.8 Å². The van der Waals surface area contributed by atoms with Gasteiger partial charge in [-0.15, -0.1) is 0 Å². The lowest BCUT2D eigenvalue weighted by Crippen LogP contribution is -2.01. The Labute approximate surface area is 119 Å². The van der Waals surface area contributed by atoms with Crippen LogP contribution >= 0.6 is 15.9 Å². The van der Waals surface area contributed by atoms with E-state index in [9.17, 15) is 0 Å². The van der Waals surface area contributed by atoms with E-state index in [2.05, 4.69) is 35.8 Å². The van der Waals surface area contributed by atoms with Crippen LogP contribution in [0.25, 0.3) is 0 Å². The molecule has 0 N–H and O–H groups in total. The molecule has 0 aliphatic rings. The number of halogens is 1. The number of ether oxygens (including phenoxy) is 2. The topological polar surface area (TPSA) is 18.5 Å². The van der Waals surface area contributed by atoms with E-state index in [0.29, 0.717) is 0 Å². The van der Waals surface area contributed by atoms with Crippen molar-refractivity contribution in [3.63, 3.8) is 0 Å². The van der Waals surface area contributed by atoms with E-state index in [1.165, 1.54) is 18.4 Å². The lowest BCUT2D eigenvalue weighted by molar-refractivity contribution is 0.294. The minimum Gasteiger partial charge on any atom is -0.493 e. The van der Waals surface area contributed by atoms with Crippen LogP contribution in [0.1, 0.15) is 45.1 Å². The van der Waals surface area contributed by atoms with Gasteiger partial charge in [0.05, 0.1) is 13.2 Å². The first-order chi connectivity index (χ1) is 8.81. The van der Waals surface area contributed by atoms with Crippen molar-refractivity contribution in [2.24, 2.45) is 0 Å². The summed E-state index contributed by atoms with van der Waals surface area (Å²) in [5.74, 6) is 1.84. The fourth-order valence-electron chi connectivity index (χ4n) is 1.62. The molecule has 0 atom stereocenters. The Morgan fingerprint density at radius 3 is 2.50 bits per heavy atom. The van der Waals surface area contributed by atoms with Gasteiger partial charge >= 0.3 is 0 Å². The maximum absolute atomic E-state index is 5.84. The number of hydrogen-bond acceptors (Lipinski definition) is 2. The van der Waals surface area contributed by atoms with Crippen LogP contribution in [0, 0.1) is 0 Å². The van der Waals surface area contributed by atoms with Gasteiger partial charge in [0.25, 0.3) is 0 Å². The van der Waals surface area contributed by atoms with Crippen molar-refractivity contribution in [1.82, 2.24) is 0 Å². The van der Waals surface area contributed by atoms with E-state index in [1.54, 1.807) is 0 Å². The molecular formula is C15H23BrO2. The molecule has 2 nitrogen and oxygen atoms in total. The first-order valence-electron chi connectivity index (χ1n) is 6.76. The number of rotatable bonds is 9. The highest BCUT2D eigenvalue weighted by Crippen LogP contribution is 2.27. The fourth-order valence-corrected chi connectivity index (χ4v) is 2.09. The highest BCUT2D eigenvalue weighted by atomic mass is 79.9. The molecule has 3 heteroatoms. The molecule has 0 aliphatic carbocycles. The van der Waals surface area contributed by atoms with Crippen LogP contribution in [0.4, 0.5) is 0 Å². The first kappa shape index (κ1) is 15.4. The largest absolute Gasteiger partial charge is 0.493 e. The zero-order valence-electron chi connectivity index (χ0n) is 11.4. The third kappa shape index (κ3) is 5.30. The average Bonchev–Trinajstić information content (AvgIpc) is 2.41. The number of unbranched alkanes of at least 4 members (excludes halogenated alkanes) is 2. The Morgan fingerprint density at radius 1 is 1.00 bits per heavy atom. The molecule has 0 aliphatic heterocycles. The summed E-state index contributed by atoms with van der Waals surface area (Å²) >= 11 is 3.49. The highest BCUT2D eigenvalue weighted by molar-refractivity contribution is 9.08. The van der Waals surface area contributed by atoms with Crippen LogP contribution in [-0.4, -0.2) is 13.2 Å². The van der Waals surface area contributed by atoms with Crippen LogP contribution < -0.4 is 9.47 Å². The van der Waals surface area contributed by atoms with E-state index in [-0.39, 0.29) is 0 Å². The molecule has 1 aromatic rings. The van der Waals surface area contributed by atoms with E-state index >= 15 is 0 Å². The third-order valence-electron chi connectivity index (χ3n) is 2.66. The molecular weight excluding hydrogens is 292 g/mol. The minimum atomic E-state index is 0.753. The van der Waals surface area contributed by atoms with E-state index < -0.39 is 0 Å². The zero-order valence-corrected chi connectivity index (χ0v) is 13.0. The fraction of sp³-hybridized carbons (Fsp3) is 0.600. The molecule has 102 valence electrons. The minimum absolute atomic E-state index is 0.753. The highest BCUT2D eigenvalue weighted by Gasteiger charge is 2.05. The molecule has 1 rings (SSSR count). The summed E-state index contributed by atoms with van der Waals surface area (Å²) in [6.07, 6.45) is 4.56. The van der Waals surface area contributed by atoms with Crippen molar-refractivity contribution in [2.75, 3.05) is 13.2 Å². The first-order valence-corrected chi connectivity index (χ1v) is 7.88. The third-order valence-corrected chi connectivity index (χ3v) is 3.27.